The number of imidazole rings is 1. The molecule has 0 saturated carbocycles. The topological polar surface area (TPSA) is 80.1 Å². The first-order chi connectivity index (χ1) is 13.2. The van der Waals surface area contributed by atoms with E-state index in [2.05, 4.69) is 44.1 Å². The number of aromatic amines is 1. The van der Waals surface area contributed by atoms with Crippen LogP contribution < -0.4 is 10.6 Å². The van der Waals surface area contributed by atoms with Gasteiger partial charge in [0.15, 0.2) is 0 Å². The molecular formula is C21H25N5O. The molecule has 2 aromatic heterocycles. The van der Waals surface area contributed by atoms with Crippen LogP contribution in [0, 0.1) is 6.92 Å². The number of nitrogens with two attached hydrogens (primary N) is 1. The van der Waals surface area contributed by atoms with Crippen molar-refractivity contribution in [1.29, 1.82) is 0 Å². The maximum atomic E-state index is 6.36. The Morgan fingerprint density at radius 3 is 2.63 bits per heavy atom. The van der Waals surface area contributed by atoms with Crippen LogP contribution in [0.5, 0.6) is 0 Å². The fourth-order valence-electron chi connectivity index (χ4n) is 3.44. The SMILES string of the molecule is Cc1nc([C@@H](N)Cc2ccccn2)[nH]c1-c1ccc(N2CCOCC2)cc1. The van der Waals surface area contributed by atoms with Gasteiger partial charge in [0, 0.05) is 37.1 Å². The molecule has 4 rings (SSSR count). The highest BCUT2D eigenvalue weighted by Gasteiger charge is 2.16. The van der Waals surface area contributed by atoms with Gasteiger partial charge in [0.05, 0.1) is 30.6 Å². The van der Waals surface area contributed by atoms with E-state index in [1.54, 1.807) is 6.20 Å². The van der Waals surface area contributed by atoms with E-state index in [9.17, 15) is 0 Å². The largest absolute Gasteiger partial charge is 0.378 e. The molecule has 1 aliphatic rings. The van der Waals surface area contributed by atoms with Gasteiger partial charge in [0.2, 0.25) is 0 Å². The number of hydrogen-bond donors (Lipinski definition) is 2. The van der Waals surface area contributed by atoms with Crippen molar-refractivity contribution >= 4 is 5.69 Å². The number of anilines is 1. The molecule has 0 spiro atoms. The van der Waals surface area contributed by atoms with E-state index in [1.165, 1.54) is 5.69 Å². The summed E-state index contributed by atoms with van der Waals surface area (Å²) in [5, 5.41) is 0. The number of aryl methyl sites for hydroxylation is 1. The van der Waals surface area contributed by atoms with Gasteiger partial charge in [-0.25, -0.2) is 4.98 Å². The molecule has 1 saturated heterocycles. The Kier molecular flexibility index (Phi) is 5.18. The monoisotopic (exact) mass is 363 g/mol. The Morgan fingerprint density at radius 1 is 1.15 bits per heavy atom. The summed E-state index contributed by atoms with van der Waals surface area (Å²) in [7, 11) is 0. The van der Waals surface area contributed by atoms with Gasteiger partial charge in [-0.15, -0.1) is 0 Å². The molecule has 0 bridgehead atoms. The number of pyridine rings is 1. The highest BCUT2D eigenvalue weighted by Crippen LogP contribution is 2.26. The zero-order valence-electron chi connectivity index (χ0n) is 15.6. The Labute approximate surface area is 159 Å². The first-order valence-electron chi connectivity index (χ1n) is 9.36. The predicted molar refractivity (Wildman–Crippen MR) is 107 cm³/mol. The lowest BCUT2D eigenvalue weighted by atomic mass is 10.1. The third-order valence-electron chi connectivity index (χ3n) is 4.94. The molecule has 140 valence electrons. The highest BCUT2D eigenvalue weighted by molar-refractivity contribution is 5.65. The van der Waals surface area contributed by atoms with Crippen molar-refractivity contribution in [1.82, 2.24) is 15.0 Å². The first kappa shape index (κ1) is 17.7. The molecule has 27 heavy (non-hydrogen) atoms. The summed E-state index contributed by atoms with van der Waals surface area (Å²) in [6, 6.07) is 14.3. The molecule has 0 radical (unpaired) electrons. The maximum absolute atomic E-state index is 6.36. The van der Waals surface area contributed by atoms with Gasteiger partial charge in [-0.05, 0) is 36.8 Å². The van der Waals surface area contributed by atoms with Crippen molar-refractivity contribution < 1.29 is 4.74 Å². The maximum Gasteiger partial charge on any atom is 0.124 e. The van der Waals surface area contributed by atoms with Crippen LogP contribution in [0.4, 0.5) is 5.69 Å². The van der Waals surface area contributed by atoms with Crippen molar-refractivity contribution in [3.63, 3.8) is 0 Å². The number of benzene rings is 1. The molecule has 1 fully saturated rings. The minimum atomic E-state index is -0.208. The van der Waals surface area contributed by atoms with E-state index in [-0.39, 0.29) is 6.04 Å². The summed E-state index contributed by atoms with van der Waals surface area (Å²) in [5.41, 5.74) is 11.7. The fraction of sp³-hybridized carbons (Fsp3) is 0.333. The minimum Gasteiger partial charge on any atom is -0.378 e. The standard InChI is InChI=1S/C21H25N5O/c1-15-20(16-5-7-18(8-6-16)26-10-12-27-13-11-26)25-21(24-15)19(22)14-17-4-2-3-9-23-17/h2-9,19H,10-14,22H2,1H3,(H,24,25)/t19-/m0/s1. The van der Waals surface area contributed by atoms with E-state index in [1.807, 2.05) is 25.1 Å². The third-order valence-corrected chi connectivity index (χ3v) is 4.94. The van der Waals surface area contributed by atoms with Crippen LogP contribution in [-0.4, -0.2) is 41.3 Å². The van der Waals surface area contributed by atoms with Crippen LogP contribution >= 0.6 is 0 Å². The van der Waals surface area contributed by atoms with Crippen LogP contribution in [0.1, 0.15) is 23.3 Å². The summed E-state index contributed by atoms with van der Waals surface area (Å²) in [5.74, 6) is 0.797. The summed E-state index contributed by atoms with van der Waals surface area (Å²) >= 11 is 0. The Balaban J connectivity index is 1.50. The summed E-state index contributed by atoms with van der Waals surface area (Å²) in [4.78, 5) is 14.8. The van der Waals surface area contributed by atoms with Crippen molar-refractivity contribution in [2.75, 3.05) is 31.2 Å². The molecule has 6 heteroatoms. The smallest absolute Gasteiger partial charge is 0.124 e. The average molecular weight is 363 g/mol. The number of morpholine rings is 1. The zero-order chi connectivity index (χ0) is 18.6. The molecule has 1 aliphatic heterocycles. The highest BCUT2D eigenvalue weighted by atomic mass is 16.5. The lowest BCUT2D eigenvalue weighted by Gasteiger charge is -2.28. The van der Waals surface area contributed by atoms with Crippen molar-refractivity contribution in [3.05, 3.63) is 65.9 Å². The third kappa shape index (κ3) is 4.02. The summed E-state index contributed by atoms with van der Waals surface area (Å²) in [6.45, 7) is 5.47. The van der Waals surface area contributed by atoms with E-state index in [0.717, 1.165) is 54.8 Å². The molecule has 6 nitrogen and oxygen atoms in total. The second kappa shape index (κ2) is 7.90. The first-order valence-corrected chi connectivity index (χ1v) is 9.36. The van der Waals surface area contributed by atoms with E-state index in [4.69, 9.17) is 10.5 Å². The second-order valence-electron chi connectivity index (χ2n) is 6.86. The van der Waals surface area contributed by atoms with Gasteiger partial charge in [0.25, 0.3) is 0 Å². The van der Waals surface area contributed by atoms with Crippen LogP contribution in [0.3, 0.4) is 0 Å². The molecule has 1 atom stereocenters. The van der Waals surface area contributed by atoms with Crippen LogP contribution in [0.15, 0.2) is 48.7 Å². The lowest BCUT2D eigenvalue weighted by molar-refractivity contribution is 0.122. The van der Waals surface area contributed by atoms with E-state index >= 15 is 0 Å². The lowest BCUT2D eigenvalue weighted by Crippen LogP contribution is -2.36. The van der Waals surface area contributed by atoms with Gasteiger partial charge >= 0.3 is 0 Å². The van der Waals surface area contributed by atoms with Gasteiger partial charge in [-0.2, -0.15) is 0 Å². The number of hydrogen-bond acceptors (Lipinski definition) is 5. The van der Waals surface area contributed by atoms with Crippen molar-refractivity contribution in [2.24, 2.45) is 5.73 Å². The van der Waals surface area contributed by atoms with Crippen molar-refractivity contribution in [3.8, 4) is 11.3 Å². The molecule has 1 aromatic carbocycles. The number of H-pyrrole nitrogens is 1. The van der Waals surface area contributed by atoms with Gasteiger partial charge < -0.3 is 20.4 Å². The second-order valence-corrected chi connectivity index (χ2v) is 6.86. The van der Waals surface area contributed by atoms with Crippen LogP contribution in [0.2, 0.25) is 0 Å². The van der Waals surface area contributed by atoms with Crippen LogP contribution in [-0.2, 0) is 11.2 Å². The minimum absolute atomic E-state index is 0.208. The van der Waals surface area contributed by atoms with E-state index < -0.39 is 0 Å². The van der Waals surface area contributed by atoms with Crippen LogP contribution in [0.25, 0.3) is 11.3 Å². The number of aromatic nitrogens is 3. The van der Waals surface area contributed by atoms with Gasteiger partial charge in [-0.3, -0.25) is 4.98 Å². The summed E-state index contributed by atoms with van der Waals surface area (Å²) in [6.07, 6.45) is 2.44. The molecule has 0 unspecified atom stereocenters. The fourth-order valence-corrected chi connectivity index (χ4v) is 3.44. The zero-order valence-corrected chi connectivity index (χ0v) is 15.6. The normalized spacial score (nSPS) is 15.7. The molecule has 0 aliphatic carbocycles. The quantitative estimate of drug-likeness (QED) is 0.729. The number of ether oxygens (including phenoxy) is 1. The van der Waals surface area contributed by atoms with E-state index in [0.29, 0.717) is 6.42 Å². The number of nitrogens with zero attached hydrogens (tertiary/aromatic N) is 3. The summed E-state index contributed by atoms with van der Waals surface area (Å²) < 4.78 is 5.43. The number of rotatable bonds is 5. The molecule has 3 heterocycles. The Bertz CT molecular complexity index is 869. The Hall–Kier alpha value is -2.70. The molecule has 3 aromatic rings. The van der Waals surface area contributed by atoms with Gasteiger partial charge in [-0.1, -0.05) is 18.2 Å². The Morgan fingerprint density at radius 2 is 1.93 bits per heavy atom. The van der Waals surface area contributed by atoms with Crippen molar-refractivity contribution in [2.45, 2.75) is 19.4 Å². The average Bonchev–Trinajstić information content (AvgIpc) is 3.11. The number of nitrogens with one attached hydrogen (secondary N) is 1. The molecular weight excluding hydrogens is 338 g/mol. The molecule has 3 N–H and O–H groups in total. The van der Waals surface area contributed by atoms with Gasteiger partial charge in [0.1, 0.15) is 5.82 Å². The predicted octanol–water partition coefficient (Wildman–Crippen LogP) is 2.86. The molecule has 0 amide bonds.